The second kappa shape index (κ2) is 6.65. The van der Waals surface area contributed by atoms with E-state index in [2.05, 4.69) is 13.8 Å². The second-order valence-electron chi connectivity index (χ2n) is 6.94. The van der Waals surface area contributed by atoms with Crippen molar-refractivity contribution in [2.75, 3.05) is 18.1 Å². The van der Waals surface area contributed by atoms with E-state index in [0.29, 0.717) is 12.3 Å². The first-order chi connectivity index (χ1) is 9.78. The Balaban J connectivity index is 2.02. The highest BCUT2D eigenvalue weighted by atomic mass is 32.2. The zero-order valence-corrected chi connectivity index (χ0v) is 13.8. The molecular formula is C15H27NO4S. The average Bonchev–Trinajstić information content (AvgIpc) is 2.76. The molecule has 1 atom stereocenters. The molecule has 0 amide bonds. The van der Waals surface area contributed by atoms with E-state index in [-0.39, 0.29) is 30.1 Å². The fourth-order valence-corrected chi connectivity index (χ4v) is 5.59. The quantitative estimate of drug-likeness (QED) is 0.836. The van der Waals surface area contributed by atoms with E-state index in [4.69, 9.17) is 5.11 Å². The molecule has 21 heavy (non-hydrogen) atoms. The van der Waals surface area contributed by atoms with Crippen LogP contribution in [-0.2, 0) is 14.6 Å². The topological polar surface area (TPSA) is 74.7 Å². The van der Waals surface area contributed by atoms with Gasteiger partial charge in [-0.3, -0.25) is 9.69 Å². The van der Waals surface area contributed by atoms with Gasteiger partial charge >= 0.3 is 5.97 Å². The predicted molar refractivity (Wildman–Crippen MR) is 82.0 cm³/mol. The summed E-state index contributed by atoms with van der Waals surface area (Å²) in [6, 6.07) is 0.126. The first kappa shape index (κ1) is 16.7. The molecule has 1 saturated carbocycles. The number of nitrogens with zero attached hydrogens (tertiary/aromatic N) is 1. The van der Waals surface area contributed by atoms with Gasteiger partial charge in [-0.25, -0.2) is 8.42 Å². The highest BCUT2D eigenvalue weighted by molar-refractivity contribution is 7.91. The van der Waals surface area contributed by atoms with Crippen molar-refractivity contribution in [2.45, 2.75) is 58.0 Å². The van der Waals surface area contributed by atoms with E-state index in [1.54, 1.807) is 0 Å². The van der Waals surface area contributed by atoms with Gasteiger partial charge in [0.1, 0.15) is 0 Å². The summed E-state index contributed by atoms with van der Waals surface area (Å²) in [7, 11) is -2.97. The molecule has 122 valence electrons. The van der Waals surface area contributed by atoms with Crippen LogP contribution in [0.25, 0.3) is 0 Å². The van der Waals surface area contributed by atoms with Crippen LogP contribution in [0.15, 0.2) is 0 Å². The smallest absolute Gasteiger partial charge is 0.317 e. The molecule has 6 heteroatoms. The second-order valence-corrected chi connectivity index (χ2v) is 9.16. The number of carboxylic acid groups (broad SMARTS) is 1. The maximum absolute atomic E-state index is 11.7. The SMILES string of the molecule is CC(C)C1CCC(N(CC(=O)O)C2CCS(=O)(=O)C2)CC1. The lowest BCUT2D eigenvalue weighted by atomic mass is 9.79. The molecule has 1 heterocycles. The molecule has 2 rings (SSSR count). The van der Waals surface area contributed by atoms with Crippen molar-refractivity contribution < 1.29 is 18.3 Å². The van der Waals surface area contributed by atoms with Crippen molar-refractivity contribution in [3.05, 3.63) is 0 Å². The van der Waals surface area contributed by atoms with E-state index >= 15 is 0 Å². The minimum atomic E-state index is -2.97. The van der Waals surface area contributed by atoms with Crippen molar-refractivity contribution in [1.82, 2.24) is 4.90 Å². The first-order valence-electron chi connectivity index (χ1n) is 7.96. The summed E-state index contributed by atoms with van der Waals surface area (Å²) in [4.78, 5) is 13.1. The van der Waals surface area contributed by atoms with Crippen LogP contribution in [0.2, 0.25) is 0 Å². The third-order valence-electron chi connectivity index (χ3n) is 5.15. The van der Waals surface area contributed by atoms with E-state index in [1.807, 2.05) is 4.90 Å². The Morgan fingerprint density at radius 2 is 1.76 bits per heavy atom. The summed E-state index contributed by atoms with van der Waals surface area (Å²) in [6.07, 6.45) is 4.81. The van der Waals surface area contributed by atoms with Crippen molar-refractivity contribution in [2.24, 2.45) is 11.8 Å². The fourth-order valence-electron chi connectivity index (χ4n) is 3.85. The molecule has 1 saturated heterocycles. The Bertz CT molecular complexity index is 466. The zero-order valence-electron chi connectivity index (χ0n) is 13.0. The molecule has 0 aromatic heterocycles. The van der Waals surface area contributed by atoms with Crippen LogP contribution in [0.5, 0.6) is 0 Å². The monoisotopic (exact) mass is 317 g/mol. The molecule has 0 bridgehead atoms. The predicted octanol–water partition coefficient (Wildman–Crippen LogP) is 1.77. The Kier molecular flexibility index (Phi) is 5.30. The van der Waals surface area contributed by atoms with Crippen LogP contribution in [0.4, 0.5) is 0 Å². The van der Waals surface area contributed by atoms with Crippen LogP contribution in [-0.4, -0.2) is 54.5 Å². The first-order valence-corrected chi connectivity index (χ1v) is 9.78. The average molecular weight is 317 g/mol. The summed E-state index contributed by atoms with van der Waals surface area (Å²) < 4.78 is 23.4. The lowest BCUT2D eigenvalue weighted by molar-refractivity contribution is -0.139. The molecule has 2 aliphatic rings. The Morgan fingerprint density at radius 1 is 1.14 bits per heavy atom. The molecule has 2 fully saturated rings. The van der Waals surface area contributed by atoms with Crippen molar-refractivity contribution in [1.29, 1.82) is 0 Å². The summed E-state index contributed by atoms with van der Waals surface area (Å²) >= 11 is 0. The molecule has 0 radical (unpaired) electrons. The number of rotatable bonds is 5. The summed E-state index contributed by atoms with van der Waals surface area (Å²) in [5, 5.41) is 9.15. The molecule has 1 unspecified atom stereocenters. The highest BCUT2D eigenvalue weighted by Gasteiger charge is 2.37. The molecule has 5 nitrogen and oxygen atoms in total. The number of aliphatic carboxylic acids is 1. The number of hydrogen-bond donors (Lipinski definition) is 1. The Hall–Kier alpha value is -0.620. The number of carboxylic acids is 1. The summed E-state index contributed by atoms with van der Waals surface area (Å²) in [5.74, 6) is 0.871. The van der Waals surface area contributed by atoms with Gasteiger partial charge in [-0.05, 0) is 43.9 Å². The van der Waals surface area contributed by atoms with Gasteiger partial charge < -0.3 is 5.11 Å². The van der Waals surface area contributed by atoms with E-state index in [1.165, 1.54) is 0 Å². The number of carbonyl (C=O) groups is 1. The Labute approximate surface area is 127 Å². The minimum Gasteiger partial charge on any atom is -0.480 e. The molecule has 0 spiro atoms. The van der Waals surface area contributed by atoms with Crippen LogP contribution in [0, 0.1) is 11.8 Å². The van der Waals surface area contributed by atoms with Gasteiger partial charge in [-0.15, -0.1) is 0 Å². The van der Waals surface area contributed by atoms with Gasteiger partial charge in [-0.2, -0.15) is 0 Å². The Morgan fingerprint density at radius 3 is 2.19 bits per heavy atom. The van der Waals surface area contributed by atoms with Gasteiger partial charge in [0.15, 0.2) is 9.84 Å². The highest BCUT2D eigenvalue weighted by Crippen LogP contribution is 2.34. The van der Waals surface area contributed by atoms with Crippen molar-refractivity contribution in [3.8, 4) is 0 Å². The maximum Gasteiger partial charge on any atom is 0.317 e. The molecular weight excluding hydrogens is 290 g/mol. The third-order valence-corrected chi connectivity index (χ3v) is 6.90. The van der Waals surface area contributed by atoms with E-state index in [0.717, 1.165) is 31.6 Å². The van der Waals surface area contributed by atoms with Gasteiger partial charge in [0.2, 0.25) is 0 Å². The van der Waals surface area contributed by atoms with Gasteiger partial charge in [0.25, 0.3) is 0 Å². The van der Waals surface area contributed by atoms with Crippen LogP contribution in [0.1, 0.15) is 46.0 Å². The minimum absolute atomic E-state index is 0.0306. The van der Waals surface area contributed by atoms with Gasteiger partial charge in [0, 0.05) is 12.1 Å². The number of sulfone groups is 1. The van der Waals surface area contributed by atoms with Crippen LogP contribution >= 0.6 is 0 Å². The van der Waals surface area contributed by atoms with Crippen molar-refractivity contribution >= 4 is 15.8 Å². The summed E-state index contributed by atoms with van der Waals surface area (Å²) in [5.41, 5.74) is 0. The number of hydrogen-bond acceptors (Lipinski definition) is 4. The molecule has 1 aliphatic carbocycles. The molecule has 1 N–H and O–H groups in total. The lowest BCUT2D eigenvalue weighted by Crippen LogP contribution is -2.48. The molecule has 1 aliphatic heterocycles. The van der Waals surface area contributed by atoms with Crippen LogP contribution < -0.4 is 0 Å². The van der Waals surface area contributed by atoms with Gasteiger partial charge in [-0.1, -0.05) is 13.8 Å². The summed E-state index contributed by atoms with van der Waals surface area (Å²) in [6.45, 7) is 4.45. The molecule has 0 aromatic rings. The van der Waals surface area contributed by atoms with Crippen LogP contribution in [0.3, 0.4) is 0 Å². The van der Waals surface area contributed by atoms with E-state index in [9.17, 15) is 13.2 Å². The molecule has 0 aromatic carbocycles. The largest absolute Gasteiger partial charge is 0.480 e. The van der Waals surface area contributed by atoms with Gasteiger partial charge in [0.05, 0.1) is 18.1 Å². The standard InChI is InChI=1S/C15H27NO4S/c1-11(2)12-3-5-13(6-4-12)16(9-15(17)18)14-7-8-21(19,20)10-14/h11-14H,3-10H2,1-2H3,(H,17,18). The third kappa shape index (κ3) is 4.42. The van der Waals surface area contributed by atoms with Crippen molar-refractivity contribution in [3.63, 3.8) is 0 Å². The van der Waals surface area contributed by atoms with E-state index < -0.39 is 15.8 Å². The fraction of sp³-hybridized carbons (Fsp3) is 0.933. The lowest BCUT2D eigenvalue weighted by Gasteiger charge is -2.40. The maximum atomic E-state index is 11.7. The zero-order chi connectivity index (χ0) is 15.6. The normalized spacial score (nSPS) is 32.7.